The first-order valence-electron chi connectivity index (χ1n) is 9.48. The van der Waals surface area contributed by atoms with Crippen molar-refractivity contribution >= 4 is 24.1 Å². The lowest BCUT2D eigenvalue weighted by Gasteiger charge is -2.05. The van der Waals surface area contributed by atoms with E-state index < -0.39 is 11.9 Å². The van der Waals surface area contributed by atoms with E-state index in [0.29, 0.717) is 17.9 Å². The molecule has 0 heterocycles. The van der Waals surface area contributed by atoms with Crippen molar-refractivity contribution in [3.05, 3.63) is 71.3 Å². The normalized spacial score (nSPS) is 11.0. The lowest BCUT2D eigenvalue weighted by atomic mass is 10.1. The van der Waals surface area contributed by atoms with E-state index in [1.807, 2.05) is 24.3 Å². The van der Waals surface area contributed by atoms with E-state index >= 15 is 0 Å². The summed E-state index contributed by atoms with van der Waals surface area (Å²) in [5.74, 6) is -0.200. The van der Waals surface area contributed by atoms with E-state index in [0.717, 1.165) is 24.2 Å². The molecule has 2 rings (SSSR count). The van der Waals surface area contributed by atoms with Crippen LogP contribution in [0.1, 0.15) is 30.9 Å². The average molecular weight is 405 g/mol. The summed E-state index contributed by atoms with van der Waals surface area (Å²) >= 11 is 0. The Morgan fingerprint density at radius 2 is 1.83 bits per heavy atom. The van der Waals surface area contributed by atoms with Crippen molar-refractivity contribution in [3.63, 3.8) is 0 Å². The summed E-state index contributed by atoms with van der Waals surface area (Å²) in [4.78, 5) is 23.6. The fraction of sp³-hybridized carbons (Fsp3) is 0.208. The molecule has 0 spiro atoms. The van der Waals surface area contributed by atoms with Gasteiger partial charge in [0, 0.05) is 6.08 Å². The van der Waals surface area contributed by atoms with Gasteiger partial charge in [0.05, 0.1) is 13.7 Å². The molecule has 0 N–H and O–H groups in total. The SMILES string of the molecule is CCCCOc1ccc(/C=C/C(=O)Oc2cccc(/C=C(\C#N)C(=O)OC)c2)cc1. The summed E-state index contributed by atoms with van der Waals surface area (Å²) in [7, 11) is 1.20. The van der Waals surface area contributed by atoms with E-state index in [-0.39, 0.29) is 5.57 Å². The molecule has 0 radical (unpaired) electrons. The van der Waals surface area contributed by atoms with Crippen LogP contribution in [0.4, 0.5) is 0 Å². The minimum absolute atomic E-state index is 0.150. The molecular weight excluding hydrogens is 382 g/mol. The van der Waals surface area contributed by atoms with Crippen LogP contribution in [0.15, 0.2) is 60.2 Å². The maximum atomic E-state index is 12.1. The molecule has 2 aromatic rings. The van der Waals surface area contributed by atoms with Gasteiger partial charge in [-0.05, 0) is 54.0 Å². The van der Waals surface area contributed by atoms with Gasteiger partial charge in [-0.2, -0.15) is 5.26 Å². The Labute approximate surface area is 176 Å². The molecule has 0 saturated carbocycles. The number of ether oxygens (including phenoxy) is 3. The van der Waals surface area contributed by atoms with Crippen LogP contribution >= 0.6 is 0 Å². The monoisotopic (exact) mass is 405 g/mol. The number of unbranched alkanes of at least 4 members (excludes halogenated alkanes) is 1. The second-order valence-electron chi connectivity index (χ2n) is 6.26. The topological polar surface area (TPSA) is 85.6 Å². The molecule has 0 bridgehead atoms. The standard InChI is InChI=1S/C24H23NO5/c1-3-4-14-29-21-11-8-18(9-12-21)10-13-23(26)30-22-7-5-6-19(16-22)15-20(17-25)24(27)28-2/h5-13,15-16H,3-4,14H2,1-2H3/b13-10+,20-15+. The van der Waals surface area contributed by atoms with Crippen LogP contribution in [0.25, 0.3) is 12.2 Å². The molecule has 0 amide bonds. The summed E-state index contributed by atoms with van der Waals surface area (Å²) in [6.45, 7) is 2.79. The zero-order valence-corrected chi connectivity index (χ0v) is 17.0. The molecule has 154 valence electrons. The van der Waals surface area contributed by atoms with Gasteiger partial charge < -0.3 is 14.2 Å². The molecule has 0 unspecified atom stereocenters. The number of nitriles is 1. The number of carbonyl (C=O) groups excluding carboxylic acids is 2. The second kappa shape index (κ2) is 11.9. The van der Waals surface area contributed by atoms with E-state index in [9.17, 15) is 9.59 Å². The first kappa shape index (κ1) is 22.4. The van der Waals surface area contributed by atoms with Gasteiger partial charge in [0.15, 0.2) is 0 Å². The molecule has 6 heteroatoms. The molecule has 2 aromatic carbocycles. The first-order valence-corrected chi connectivity index (χ1v) is 9.48. The number of nitrogens with zero attached hydrogens (tertiary/aromatic N) is 1. The number of hydrogen-bond donors (Lipinski definition) is 0. The third kappa shape index (κ3) is 7.28. The molecule has 0 atom stereocenters. The number of carbonyl (C=O) groups is 2. The summed E-state index contributed by atoms with van der Waals surface area (Å²) < 4.78 is 15.4. The van der Waals surface area contributed by atoms with Crippen LogP contribution in [-0.4, -0.2) is 25.7 Å². The zero-order valence-electron chi connectivity index (χ0n) is 17.0. The lowest BCUT2D eigenvalue weighted by molar-refractivity contribution is -0.135. The van der Waals surface area contributed by atoms with E-state index in [2.05, 4.69) is 11.7 Å². The second-order valence-corrected chi connectivity index (χ2v) is 6.26. The highest BCUT2D eigenvalue weighted by Crippen LogP contribution is 2.17. The smallest absolute Gasteiger partial charge is 0.348 e. The molecule has 6 nitrogen and oxygen atoms in total. The number of methoxy groups -OCH3 is 1. The summed E-state index contributed by atoms with van der Waals surface area (Å²) in [6, 6.07) is 15.7. The minimum Gasteiger partial charge on any atom is -0.494 e. The molecule has 0 aromatic heterocycles. The van der Waals surface area contributed by atoms with Gasteiger partial charge in [0.1, 0.15) is 23.1 Å². The predicted molar refractivity (Wildman–Crippen MR) is 114 cm³/mol. The Balaban J connectivity index is 1.99. The van der Waals surface area contributed by atoms with Crippen LogP contribution in [0.5, 0.6) is 11.5 Å². The Hall–Kier alpha value is -3.85. The fourth-order valence-corrected chi connectivity index (χ4v) is 2.41. The van der Waals surface area contributed by atoms with Crippen LogP contribution in [-0.2, 0) is 14.3 Å². The molecule has 0 fully saturated rings. The maximum Gasteiger partial charge on any atom is 0.348 e. The lowest BCUT2D eigenvalue weighted by Crippen LogP contribution is -2.04. The van der Waals surface area contributed by atoms with Gasteiger partial charge in [-0.1, -0.05) is 37.6 Å². The molecule has 0 saturated heterocycles. The molecule has 0 aliphatic rings. The van der Waals surface area contributed by atoms with Gasteiger partial charge in [-0.3, -0.25) is 0 Å². The Morgan fingerprint density at radius 1 is 1.07 bits per heavy atom. The van der Waals surface area contributed by atoms with Gasteiger partial charge in [-0.25, -0.2) is 9.59 Å². The van der Waals surface area contributed by atoms with Crippen LogP contribution in [0.3, 0.4) is 0 Å². The Kier molecular flexibility index (Phi) is 8.88. The van der Waals surface area contributed by atoms with E-state index in [1.54, 1.807) is 36.4 Å². The third-order valence-electron chi connectivity index (χ3n) is 3.97. The molecular formula is C24H23NO5. The molecule has 0 aliphatic carbocycles. The van der Waals surface area contributed by atoms with Crippen molar-refractivity contribution < 1.29 is 23.8 Å². The van der Waals surface area contributed by atoms with E-state index in [4.69, 9.17) is 14.7 Å². The summed E-state index contributed by atoms with van der Waals surface area (Å²) in [5, 5.41) is 9.03. The van der Waals surface area contributed by atoms with E-state index in [1.165, 1.54) is 19.3 Å². The van der Waals surface area contributed by atoms with Crippen molar-refractivity contribution in [1.29, 1.82) is 5.26 Å². The minimum atomic E-state index is -0.732. The van der Waals surface area contributed by atoms with Crippen molar-refractivity contribution in [2.24, 2.45) is 0 Å². The largest absolute Gasteiger partial charge is 0.494 e. The number of esters is 2. The Morgan fingerprint density at radius 3 is 2.50 bits per heavy atom. The Bertz CT molecular complexity index is 968. The van der Waals surface area contributed by atoms with Crippen LogP contribution < -0.4 is 9.47 Å². The average Bonchev–Trinajstić information content (AvgIpc) is 2.77. The van der Waals surface area contributed by atoms with Crippen molar-refractivity contribution in [1.82, 2.24) is 0 Å². The van der Waals surface area contributed by atoms with Crippen LogP contribution in [0.2, 0.25) is 0 Å². The summed E-state index contributed by atoms with van der Waals surface area (Å²) in [5.41, 5.74) is 1.22. The third-order valence-corrected chi connectivity index (χ3v) is 3.97. The summed E-state index contributed by atoms with van der Waals surface area (Å²) in [6.07, 6.45) is 6.42. The highest BCUT2D eigenvalue weighted by Gasteiger charge is 2.09. The van der Waals surface area contributed by atoms with Gasteiger partial charge in [0.25, 0.3) is 0 Å². The van der Waals surface area contributed by atoms with Crippen molar-refractivity contribution in [2.45, 2.75) is 19.8 Å². The number of hydrogen-bond acceptors (Lipinski definition) is 6. The van der Waals surface area contributed by atoms with Gasteiger partial charge in [-0.15, -0.1) is 0 Å². The first-order chi connectivity index (χ1) is 14.5. The molecule has 30 heavy (non-hydrogen) atoms. The highest BCUT2D eigenvalue weighted by molar-refractivity contribution is 5.97. The highest BCUT2D eigenvalue weighted by atomic mass is 16.5. The quantitative estimate of drug-likeness (QED) is 0.200. The van der Waals surface area contributed by atoms with Crippen molar-refractivity contribution in [3.8, 4) is 17.6 Å². The number of benzene rings is 2. The van der Waals surface area contributed by atoms with Gasteiger partial charge in [0.2, 0.25) is 0 Å². The molecule has 0 aliphatic heterocycles. The fourth-order valence-electron chi connectivity index (χ4n) is 2.41. The maximum absolute atomic E-state index is 12.1. The zero-order chi connectivity index (χ0) is 21.8. The van der Waals surface area contributed by atoms with Gasteiger partial charge >= 0.3 is 11.9 Å². The number of rotatable bonds is 9. The predicted octanol–water partition coefficient (Wildman–Crippen LogP) is 4.56. The van der Waals surface area contributed by atoms with Crippen LogP contribution in [0, 0.1) is 11.3 Å². The van der Waals surface area contributed by atoms with Crippen molar-refractivity contribution in [2.75, 3.05) is 13.7 Å².